The van der Waals surface area contributed by atoms with Crippen LogP contribution in [0.25, 0.3) is 5.69 Å². The van der Waals surface area contributed by atoms with Gasteiger partial charge < -0.3 is 9.64 Å². The van der Waals surface area contributed by atoms with Gasteiger partial charge in [0, 0.05) is 5.69 Å². The van der Waals surface area contributed by atoms with Gasteiger partial charge in [-0.15, -0.1) is 0 Å². The molecule has 0 unspecified atom stereocenters. The molecule has 1 aliphatic rings. The molecule has 0 spiro atoms. The van der Waals surface area contributed by atoms with Crippen LogP contribution in [-0.4, -0.2) is 27.8 Å². The molecule has 0 fully saturated rings. The zero-order chi connectivity index (χ0) is 15.5. The monoisotopic (exact) mass is 306 g/mol. The van der Waals surface area contributed by atoms with Gasteiger partial charge in [0.15, 0.2) is 0 Å². The molecule has 2 aromatic carbocycles. The highest BCUT2D eigenvalue weighted by atomic mass is 16.5. The van der Waals surface area contributed by atoms with E-state index in [2.05, 4.69) is 20.6 Å². The van der Waals surface area contributed by atoms with Gasteiger partial charge in [-0.25, -0.2) is 9.67 Å². The van der Waals surface area contributed by atoms with Crippen molar-refractivity contribution in [1.29, 1.82) is 0 Å². The van der Waals surface area contributed by atoms with Gasteiger partial charge in [0.1, 0.15) is 37.2 Å². The Morgan fingerprint density at radius 1 is 0.913 bits per heavy atom. The lowest BCUT2D eigenvalue weighted by Crippen LogP contribution is -2.22. The summed E-state index contributed by atoms with van der Waals surface area (Å²) in [5.74, 6) is 1.55. The van der Waals surface area contributed by atoms with Crippen LogP contribution in [0.1, 0.15) is 0 Å². The van der Waals surface area contributed by atoms with Crippen molar-refractivity contribution in [2.24, 2.45) is 5.10 Å². The summed E-state index contributed by atoms with van der Waals surface area (Å²) in [6, 6.07) is 15.6. The molecular weight excluding hydrogens is 292 g/mol. The Hall–Kier alpha value is -3.35. The number of hydrogen-bond donors (Lipinski definition) is 1. The Bertz CT molecular complexity index is 796. The molecule has 1 aliphatic heterocycles. The van der Waals surface area contributed by atoms with Crippen LogP contribution < -0.4 is 15.1 Å². The molecule has 0 saturated heterocycles. The Kier molecular flexibility index (Phi) is 3.36. The minimum Gasteiger partial charge on any atom is -0.457 e. The summed E-state index contributed by atoms with van der Waals surface area (Å²) in [6.07, 6.45) is 4.93. The molecule has 0 amide bonds. The fraction of sp³-hybridized carbons (Fsp3) is 0.0625. The summed E-state index contributed by atoms with van der Waals surface area (Å²) >= 11 is 0. The lowest BCUT2D eigenvalue weighted by Gasteiger charge is -2.13. The van der Waals surface area contributed by atoms with Crippen molar-refractivity contribution in [2.45, 2.75) is 0 Å². The summed E-state index contributed by atoms with van der Waals surface area (Å²) in [5.41, 5.74) is 4.89. The third-order valence-corrected chi connectivity index (χ3v) is 3.45. The van der Waals surface area contributed by atoms with Crippen molar-refractivity contribution in [3.05, 3.63) is 61.2 Å². The average Bonchev–Trinajstić information content (AvgIpc) is 3.30. The maximum absolute atomic E-state index is 5.86. The van der Waals surface area contributed by atoms with Crippen molar-refractivity contribution in [2.75, 3.05) is 11.6 Å². The highest BCUT2D eigenvalue weighted by Gasteiger charge is 2.07. The Labute approximate surface area is 132 Å². The number of hydrogen-bond acceptors (Lipinski definition) is 6. The highest BCUT2D eigenvalue weighted by Crippen LogP contribution is 2.25. The SMILES string of the molecule is C1=NNCN1c1ccc(Oc2ccc(-n3cncn3)cc2)cc1. The first kappa shape index (κ1) is 13.3. The summed E-state index contributed by atoms with van der Waals surface area (Å²) in [7, 11) is 0. The molecule has 7 nitrogen and oxygen atoms in total. The zero-order valence-electron chi connectivity index (χ0n) is 12.2. The predicted octanol–water partition coefficient (Wildman–Crippen LogP) is 2.37. The van der Waals surface area contributed by atoms with Crippen molar-refractivity contribution in [3.8, 4) is 17.2 Å². The highest BCUT2D eigenvalue weighted by molar-refractivity contribution is 5.80. The Morgan fingerprint density at radius 3 is 2.17 bits per heavy atom. The van der Waals surface area contributed by atoms with E-state index in [0.717, 1.165) is 22.9 Å². The number of nitrogens with one attached hydrogen (secondary N) is 1. The Balaban J connectivity index is 1.46. The molecule has 0 atom stereocenters. The molecule has 3 aromatic rings. The molecule has 7 heteroatoms. The quantitative estimate of drug-likeness (QED) is 0.801. The number of aromatic nitrogens is 3. The van der Waals surface area contributed by atoms with Crippen molar-refractivity contribution in [1.82, 2.24) is 20.2 Å². The predicted molar refractivity (Wildman–Crippen MR) is 86.8 cm³/mol. The molecule has 23 heavy (non-hydrogen) atoms. The molecular formula is C16H14N6O. The lowest BCUT2D eigenvalue weighted by atomic mass is 10.2. The minimum absolute atomic E-state index is 0.684. The number of nitrogens with zero attached hydrogens (tertiary/aromatic N) is 5. The smallest absolute Gasteiger partial charge is 0.138 e. The van der Waals surface area contributed by atoms with E-state index in [1.54, 1.807) is 17.3 Å². The van der Waals surface area contributed by atoms with E-state index in [4.69, 9.17) is 4.74 Å². The first-order chi connectivity index (χ1) is 11.4. The van der Waals surface area contributed by atoms with E-state index in [9.17, 15) is 0 Å². The molecule has 0 radical (unpaired) electrons. The van der Waals surface area contributed by atoms with E-state index in [0.29, 0.717) is 6.67 Å². The Morgan fingerprint density at radius 2 is 1.61 bits per heavy atom. The maximum Gasteiger partial charge on any atom is 0.138 e. The normalized spacial score (nSPS) is 13.1. The first-order valence-electron chi connectivity index (χ1n) is 7.14. The van der Waals surface area contributed by atoms with E-state index in [-0.39, 0.29) is 0 Å². The van der Waals surface area contributed by atoms with Gasteiger partial charge in [0.2, 0.25) is 0 Å². The van der Waals surface area contributed by atoms with Gasteiger partial charge >= 0.3 is 0 Å². The van der Waals surface area contributed by atoms with Crippen molar-refractivity contribution >= 4 is 12.0 Å². The molecule has 114 valence electrons. The maximum atomic E-state index is 5.86. The third-order valence-electron chi connectivity index (χ3n) is 3.45. The molecule has 1 N–H and O–H groups in total. The third kappa shape index (κ3) is 2.84. The second kappa shape index (κ2) is 5.80. The van der Waals surface area contributed by atoms with Gasteiger partial charge in [-0.1, -0.05) is 0 Å². The van der Waals surface area contributed by atoms with Gasteiger partial charge in [-0.05, 0) is 48.5 Å². The zero-order valence-corrected chi connectivity index (χ0v) is 12.2. The molecule has 4 rings (SSSR count). The topological polar surface area (TPSA) is 67.6 Å². The standard InChI is InChI=1S/C16H14N6O/c1-5-15(6-2-13(1)21-11-18-19-12-21)23-16-7-3-14(4-8-16)22-10-17-9-20-22/h1-11,19H,12H2. The molecule has 1 aromatic heterocycles. The number of ether oxygens (including phenoxy) is 1. The molecule has 0 saturated carbocycles. The number of benzene rings is 2. The van der Waals surface area contributed by atoms with Crippen molar-refractivity contribution in [3.63, 3.8) is 0 Å². The van der Waals surface area contributed by atoms with Gasteiger partial charge in [0.05, 0.1) is 5.69 Å². The molecule has 0 aliphatic carbocycles. The second-order valence-electron chi connectivity index (χ2n) is 4.96. The van der Waals surface area contributed by atoms with E-state index in [1.807, 2.05) is 53.4 Å². The van der Waals surface area contributed by atoms with Crippen LogP contribution >= 0.6 is 0 Å². The average molecular weight is 306 g/mol. The van der Waals surface area contributed by atoms with Gasteiger partial charge in [-0.3, -0.25) is 5.43 Å². The van der Waals surface area contributed by atoms with Crippen LogP contribution in [0, 0.1) is 0 Å². The van der Waals surface area contributed by atoms with Gasteiger partial charge in [0.25, 0.3) is 0 Å². The fourth-order valence-corrected chi connectivity index (χ4v) is 2.28. The van der Waals surface area contributed by atoms with Crippen LogP contribution in [0.2, 0.25) is 0 Å². The molecule has 0 bridgehead atoms. The number of anilines is 1. The van der Waals surface area contributed by atoms with E-state index < -0.39 is 0 Å². The summed E-state index contributed by atoms with van der Waals surface area (Å²) in [4.78, 5) is 5.94. The van der Waals surface area contributed by atoms with E-state index >= 15 is 0 Å². The minimum atomic E-state index is 0.684. The lowest BCUT2D eigenvalue weighted by molar-refractivity contribution is 0.482. The second-order valence-corrected chi connectivity index (χ2v) is 4.96. The van der Waals surface area contributed by atoms with Crippen LogP contribution in [-0.2, 0) is 0 Å². The van der Waals surface area contributed by atoms with Crippen LogP contribution in [0.3, 0.4) is 0 Å². The number of rotatable bonds is 4. The van der Waals surface area contributed by atoms with Gasteiger partial charge in [-0.2, -0.15) is 10.2 Å². The van der Waals surface area contributed by atoms with E-state index in [1.165, 1.54) is 6.33 Å². The van der Waals surface area contributed by atoms with Crippen molar-refractivity contribution < 1.29 is 4.74 Å². The summed E-state index contributed by atoms with van der Waals surface area (Å²) < 4.78 is 7.55. The largest absolute Gasteiger partial charge is 0.457 e. The molecule has 2 heterocycles. The summed E-state index contributed by atoms with van der Waals surface area (Å²) in [6.45, 7) is 0.684. The van der Waals surface area contributed by atoms with Crippen LogP contribution in [0.4, 0.5) is 5.69 Å². The van der Waals surface area contributed by atoms with Crippen LogP contribution in [0.5, 0.6) is 11.5 Å². The first-order valence-corrected chi connectivity index (χ1v) is 7.14. The fourth-order valence-electron chi connectivity index (χ4n) is 2.28. The number of hydrazone groups is 1. The van der Waals surface area contributed by atoms with Crippen LogP contribution in [0.15, 0.2) is 66.3 Å². The summed E-state index contributed by atoms with van der Waals surface area (Å²) in [5, 5.41) is 8.06.